The summed E-state index contributed by atoms with van der Waals surface area (Å²) in [5.41, 5.74) is 0. The molecule has 1 N–H and O–H groups in total. The predicted molar refractivity (Wildman–Crippen MR) is 114 cm³/mol. The van der Waals surface area contributed by atoms with Gasteiger partial charge in [0, 0.05) is 56.3 Å². The van der Waals surface area contributed by atoms with Gasteiger partial charge in [0.15, 0.2) is 5.96 Å². The number of halogens is 1. The zero-order valence-electron chi connectivity index (χ0n) is 15.2. The molecular formula is C17H34IN3O2S. The van der Waals surface area contributed by atoms with Crippen molar-refractivity contribution in [2.45, 2.75) is 38.4 Å². The van der Waals surface area contributed by atoms with Crippen LogP contribution in [-0.4, -0.2) is 74.5 Å². The van der Waals surface area contributed by atoms with Gasteiger partial charge in [0.25, 0.3) is 0 Å². The van der Waals surface area contributed by atoms with Crippen LogP contribution in [0, 0.1) is 5.92 Å². The van der Waals surface area contributed by atoms with E-state index in [0.717, 1.165) is 76.7 Å². The standard InChI is InChI=1S/C17H33N3O2S.HI/c1-3-16-12-20(8-11-23-16)17(18-4-2)19-7-5-9-21-13-15-6-10-22-14-15;/h15-16H,3-14H2,1-2H3,(H,18,19);1H. The predicted octanol–water partition coefficient (Wildman–Crippen LogP) is 2.84. The Balaban J connectivity index is 0.00000288. The van der Waals surface area contributed by atoms with Crippen molar-refractivity contribution >= 4 is 41.7 Å². The van der Waals surface area contributed by atoms with Crippen LogP contribution < -0.4 is 5.32 Å². The van der Waals surface area contributed by atoms with Crippen LogP contribution in [0.4, 0.5) is 0 Å². The Morgan fingerprint density at radius 1 is 1.42 bits per heavy atom. The van der Waals surface area contributed by atoms with Gasteiger partial charge in [-0.05, 0) is 26.2 Å². The third kappa shape index (κ3) is 8.10. The number of nitrogens with one attached hydrogen (secondary N) is 1. The van der Waals surface area contributed by atoms with E-state index in [2.05, 4.69) is 35.8 Å². The molecule has 2 saturated heterocycles. The van der Waals surface area contributed by atoms with Crippen molar-refractivity contribution in [1.29, 1.82) is 0 Å². The lowest BCUT2D eigenvalue weighted by atomic mass is 10.1. The van der Waals surface area contributed by atoms with E-state index in [9.17, 15) is 0 Å². The summed E-state index contributed by atoms with van der Waals surface area (Å²) in [6.07, 6.45) is 3.37. The lowest BCUT2D eigenvalue weighted by Crippen LogP contribution is -2.48. The fourth-order valence-electron chi connectivity index (χ4n) is 2.90. The van der Waals surface area contributed by atoms with Gasteiger partial charge in [-0.15, -0.1) is 24.0 Å². The molecule has 0 aromatic heterocycles. The van der Waals surface area contributed by atoms with E-state index in [1.165, 1.54) is 12.2 Å². The first-order chi connectivity index (χ1) is 11.3. The highest BCUT2D eigenvalue weighted by atomic mass is 127. The van der Waals surface area contributed by atoms with Crippen LogP contribution in [0.3, 0.4) is 0 Å². The van der Waals surface area contributed by atoms with E-state index < -0.39 is 0 Å². The smallest absolute Gasteiger partial charge is 0.193 e. The van der Waals surface area contributed by atoms with Crippen LogP contribution in [0.15, 0.2) is 4.99 Å². The summed E-state index contributed by atoms with van der Waals surface area (Å²) in [6.45, 7) is 11.8. The first-order valence-electron chi connectivity index (χ1n) is 9.13. The van der Waals surface area contributed by atoms with Gasteiger partial charge in [-0.3, -0.25) is 4.99 Å². The van der Waals surface area contributed by atoms with Crippen LogP contribution in [-0.2, 0) is 9.47 Å². The van der Waals surface area contributed by atoms with Crippen LogP contribution >= 0.6 is 35.7 Å². The van der Waals surface area contributed by atoms with Crippen molar-refractivity contribution in [3.8, 4) is 0 Å². The third-order valence-electron chi connectivity index (χ3n) is 4.31. The van der Waals surface area contributed by atoms with E-state index >= 15 is 0 Å². The minimum absolute atomic E-state index is 0. The van der Waals surface area contributed by atoms with Gasteiger partial charge < -0.3 is 19.7 Å². The SMILES string of the molecule is CCNC(=NCCCOCC1CCOC1)N1CCSC(CC)C1.I. The van der Waals surface area contributed by atoms with Crippen LogP contribution in [0.1, 0.15) is 33.1 Å². The largest absolute Gasteiger partial charge is 0.381 e. The topological polar surface area (TPSA) is 46.1 Å². The molecule has 2 rings (SSSR count). The molecule has 2 aliphatic heterocycles. The van der Waals surface area contributed by atoms with Crippen LogP contribution in [0.25, 0.3) is 0 Å². The Bertz CT molecular complexity index is 355. The maximum absolute atomic E-state index is 5.75. The molecule has 2 atom stereocenters. The first-order valence-corrected chi connectivity index (χ1v) is 10.2. The monoisotopic (exact) mass is 471 g/mol. The maximum atomic E-state index is 5.75. The van der Waals surface area contributed by atoms with E-state index in [1.807, 2.05) is 0 Å². The highest BCUT2D eigenvalue weighted by Crippen LogP contribution is 2.21. The molecular weight excluding hydrogens is 437 g/mol. The van der Waals surface area contributed by atoms with Crippen molar-refractivity contribution in [2.24, 2.45) is 10.9 Å². The van der Waals surface area contributed by atoms with Crippen molar-refractivity contribution in [2.75, 3.05) is 58.4 Å². The Labute approximate surface area is 168 Å². The summed E-state index contributed by atoms with van der Waals surface area (Å²) >= 11 is 2.09. The zero-order chi connectivity index (χ0) is 16.3. The Hall–Kier alpha value is 0.270. The third-order valence-corrected chi connectivity index (χ3v) is 5.69. The minimum Gasteiger partial charge on any atom is -0.381 e. The average molecular weight is 471 g/mol. The van der Waals surface area contributed by atoms with Crippen molar-refractivity contribution in [1.82, 2.24) is 10.2 Å². The van der Waals surface area contributed by atoms with Crippen molar-refractivity contribution < 1.29 is 9.47 Å². The quantitative estimate of drug-likeness (QED) is 0.255. The zero-order valence-corrected chi connectivity index (χ0v) is 18.3. The van der Waals surface area contributed by atoms with Gasteiger partial charge in [0.2, 0.25) is 0 Å². The summed E-state index contributed by atoms with van der Waals surface area (Å²) in [4.78, 5) is 7.21. The van der Waals surface area contributed by atoms with E-state index in [1.54, 1.807) is 0 Å². The number of guanidine groups is 1. The van der Waals surface area contributed by atoms with Crippen LogP contribution in [0.2, 0.25) is 0 Å². The molecule has 0 aromatic carbocycles. The molecule has 24 heavy (non-hydrogen) atoms. The molecule has 0 amide bonds. The van der Waals surface area contributed by atoms with E-state index in [0.29, 0.717) is 5.92 Å². The summed E-state index contributed by atoms with van der Waals surface area (Å²) in [7, 11) is 0. The first kappa shape index (κ1) is 22.3. The minimum atomic E-state index is 0. The maximum Gasteiger partial charge on any atom is 0.193 e. The van der Waals surface area contributed by atoms with E-state index in [-0.39, 0.29) is 24.0 Å². The molecule has 142 valence electrons. The van der Waals surface area contributed by atoms with Gasteiger partial charge in [-0.2, -0.15) is 11.8 Å². The fraction of sp³-hybridized carbons (Fsp3) is 0.941. The molecule has 0 saturated carbocycles. The average Bonchev–Trinajstić information content (AvgIpc) is 3.10. The number of rotatable bonds is 8. The molecule has 2 unspecified atom stereocenters. The molecule has 0 spiro atoms. The number of aliphatic imine (C=N–C) groups is 1. The number of hydrogen-bond acceptors (Lipinski definition) is 4. The number of hydrogen-bond donors (Lipinski definition) is 1. The fourth-order valence-corrected chi connectivity index (χ4v) is 4.08. The number of thioether (sulfide) groups is 1. The Morgan fingerprint density at radius 3 is 3.00 bits per heavy atom. The molecule has 0 radical (unpaired) electrons. The van der Waals surface area contributed by atoms with Gasteiger partial charge in [-0.25, -0.2) is 0 Å². The highest BCUT2D eigenvalue weighted by molar-refractivity contribution is 14.0. The summed E-state index contributed by atoms with van der Waals surface area (Å²) in [5.74, 6) is 2.89. The molecule has 0 aliphatic carbocycles. The molecule has 0 aromatic rings. The lowest BCUT2D eigenvalue weighted by Gasteiger charge is -2.34. The molecule has 2 heterocycles. The Kier molecular flexibility index (Phi) is 12.5. The van der Waals surface area contributed by atoms with Crippen molar-refractivity contribution in [3.05, 3.63) is 0 Å². The normalized spacial score (nSPS) is 24.8. The molecule has 2 fully saturated rings. The Morgan fingerprint density at radius 2 is 2.29 bits per heavy atom. The number of nitrogens with zero attached hydrogens (tertiary/aromatic N) is 2. The van der Waals surface area contributed by atoms with Gasteiger partial charge in [0.05, 0.1) is 13.2 Å². The second kappa shape index (κ2) is 13.5. The molecule has 0 bridgehead atoms. The highest BCUT2D eigenvalue weighted by Gasteiger charge is 2.21. The molecule has 7 heteroatoms. The van der Waals surface area contributed by atoms with Crippen molar-refractivity contribution in [3.63, 3.8) is 0 Å². The molecule has 2 aliphatic rings. The summed E-state index contributed by atoms with van der Waals surface area (Å²) < 4.78 is 11.1. The second-order valence-electron chi connectivity index (χ2n) is 6.24. The van der Waals surface area contributed by atoms with Crippen LogP contribution in [0.5, 0.6) is 0 Å². The summed E-state index contributed by atoms with van der Waals surface area (Å²) in [5, 5.41) is 4.18. The van der Waals surface area contributed by atoms with Gasteiger partial charge in [0.1, 0.15) is 0 Å². The lowest BCUT2D eigenvalue weighted by molar-refractivity contribution is 0.0893. The van der Waals surface area contributed by atoms with Gasteiger partial charge >= 0.3 is 0 Å². The summed E-state index contributed by atoms with van der Waals surface area (Å²) in [6, 6.07) is 0. The second-order valence-corrected chi connectivity index (χ2v) is 7.65. The van der Waals surface area contributed by atoms with E-state index in [4.69, 9.17) is 14.5 Å². The molecule has 5 nitrogen and oxygen atoms in total. The van der Waals surface area contributed by atoms with Gasteiger partial charge in [-0.1, -0.05) is 6.92 Å². The number of ether oxygens (including phenoxy) is 2.